The highest BCUT2D eigenvalue weighted by Gasteiger charge is 2.05. The van der Waals surface area contributed by atoms with Crippen LogP contribution in [0.5, 0.6) is 0 Å². The highest BCUT2D eigenvalue weighted by Crippen LogP contribution is 2.04. The Hall–Kier alpha value is -1.72. The van der Waals surface area contributed by atoms with E-state index in [1.807, 2.05) is 36.5 Å². The van der Waals surface area contributed by atoms with E-state index in [2.05, 4.69) is 41.6 Å². The summed E-state index contributed by atoms with van der Waals surface area (Å²) in [4.78, 5) is 1.67. The third-order valence-corrected chi connectivity index (χ3v) is 3.16. The molecule has 1 atom stereocenters. The second-order valence-corrected chi connectivity index (χ2v) is 5.79. The second-order valence-electron chi connectivity index (χ2n) is 5.79. The Morgan fingerprint density at radius 2 is 1.86 bits per heavy atom. The molecule has 0 aliphatic heterocycles. The zero-order valence-corrected chi connectivity index (χ0v) is 13.1. The molecule has 0 fully saturated rings. The van der Waals surface area contributed by atoms with Crippen molar-refractivity contribution in [2.45, 2.75) is 33.4 Å². The molecule has 0 saturated heterocycles. The fourth-order valence-corrected chi connectivity index (χ4v) is 2.00. The first-order valence-corrected chi connectivity index (χ1v) is 7.56. The molecule has 5 heteroatoms. The molecule has 5 nitrogen and oxygen atoms in total. The number of aromatic nitrogens is 3. The van der Waals surface area contributed by atoms with Gasteiger partial charge in [0.15, 0.2) is 0 Å². The average Bonchev–Trinajstić information content (AvgIpc) is 2.94. The molecule has 0 aliphatic rings. The van der Waals surface area contributed by atoms with Crippen LogP contribution in [0.25, 0.3) is 5.69 Å². The van der Waals surface area contributed by atoms with E-state index in [-0.39, 0.29) is 0 Å². The van der Waals surface area contributed by atoms with Crippen LogP contribution in [-0.4, -0.2) is 34.1 Å². The summed E-state index contributed by atoms with van der Waals surface area (Å²) in [7, 11) is 0. The standard InChI is InChI=1S/C16H25N5/c1-13(2)9-17-10-14(3)18-11-15-12-19-21(20-15)16-7-5-4-6-8-16/h4-8,12-14,17-18H,9-11H2,1-3H3. The van der Waals surface area contributed by atoms with Gasteiger partial charge < -0.3 is 10.6 Å². The van der Waals surface area contributed by atoms with Gasteiger partial charge >= 0.3 is 0 Å². The van der Waals surface area contributed by atoms with Crippen molar-refractivity contribution in [1.29, 1.82) is 0 Å². The van der Waals surface area contributed by atoms with E-state index in [0.29, 0.717) is 12.0 Å². The molecule has 1 aromatic carbocycles. The largest absolute Gasteiger partial charge is 0.315 e. The van der Waals surface area contributed by atoms with Crippen LogP contribution in [0.4, 0.5) is 0 Å². The van der Waals surface area contributed by atoms with E-state index in [1.54, 1.807) is 4.80 Å². The number of hydrogen-bond acceptors (Lipinski definition) is 4. The normalized spacial score (nSPS) is 12.8. The minimum absolute atomic E-state index is 0.408. The summed E-state index contributed by atoms with van der Waals surface area (Å²) < 4.78 is 0. The lowest BCUT2D eigenvalue weighted by atomic mass is 10.2. The lowest BCUT2D eigenvalue weighted by Gasteiger charge is -2.14. The lowest BCUT2D eigenvalue weighted by molar-refractivity contribution is 0.469. The number of benzene rings is 1. The number of nitrogens with one attached hydrogen (secondary N) is 2. The Labute approximate surface area is 126 Å². The average molecular weight is 287 g/mol. The number of hydrogen-bond donors (Lipinski definition) is 2. The molecule has 1 aromatic heterocycles. The fourth-order valence-electron chi connectivity index (χ4n) is 2.00. The number of rotatable bonds is 8. The maximum absolute atomic E-state index is 4.48. The van der Waals surface area contributed by atoms with Gasteiger partial charge in [-0.3, -0.25) is 0 Å². The van der Waals surface area contributed by atoms with Crippen LogP contribution >= 0.6 is 0 Å². The summed E-state index contributed by atoms with van der Waals surface area (Å²) in [6, 6.07) is 10.4. The first-order valence-electron chi connectivity index (χ1n) is 7.56. The summed E-state index contributed by atoms with van der Waals surface area (Å²) in [5.41, 5.74) is 1.94. The SMILES string of the molecule is CC(C)CNCC(C)NCc1cnn(-c2ccccc2)n1. The third-order valence-electron chi connectivity index (χ3n) is 3.16. The van der Waals surface area contributed by atoms with E-state index in [0.717, 1.165) is 31.0 Å². The second kappa shape index (κ2) is 7.90. The van der Waals surface area contributed by atoms with Crippen LogP contribution in [-0.2, 0) is 6.54 Å². The highest BCUT2D eigenvalue weighted by atomic mass is 15.5. The van der Waals surface area contributed by atoms with E-state index in [4.69, 9.17) is 0 Å². The van der Waals surface area contributed by atoms with Crippen LogP contribution in [0.15, 0.2) is 36.5 Å². The molecule has 0 amide bonds. The zero-order chi connectivity index (χ0) is 15.1. The predicted octanol–water partition coefficient (Wildman–Crippen LogP) is 1.99. The van der Waals surface area contributed by atoms with Crippen molar-refractivity contribution >= 4 is 0 Å². The monoisotopic (exact) mass is 287 g/mol. The molecule has 1 unspecified atom stereocenters. The van der Waals surface area contributed by atoms with Gasteiger partial charge in [0.1, 0.15) is 0 Å². The summed E-state index contributed by atoms with van der Waals surface area (Å²) in [5, 5.41) is 15.7. The van der Waals surface area contributed by atoms with E-state index >= 15 is 0 Å². The molecule has 21 heavy (non-hydrogen) atoms. The highest BCUT2D eigenvalue weighted by molar-refractivity contribution is 5.28. The molecule has 0 saturated carbocycles. The Morgan fingerprint density at radius 1 is 1.10 bits per heavy atom. The molecule has 2 N–H and O–H groups in total. The predicted molar refractivity (Wildman–Crippen MR) is 85.4 cm³/mol. The Bertz CT molecular complexity index is 520. The smallest absolute Gasteiger partial charge is 0.0969 e. The van der Waals surface area contributed by atoms with Crippen molar-refractivity contribution < 1.29 is 0 Å². The third kappa shape index (κ3) is 5.28. The molecule has 2 aromatic rings. The first-order chi connectivity index (χ1) is 10.1. The van der Waals surface area contributed by atoms with Crippen molar-refractivity contribution in [2.75, 3.05) is 13.1 Å². The maximum Gasteiger partial charge on any atom is 0.0969 e. The van der Waals surface area contributed by atoms with Gasteiger partial charge in [0.05, 0.1) is 17.6 Å². The minimum atomic E-state index is 0.408. The van der Waals surface area contributed by atoms with Gasteiger partial charge in [0.25, 0.3) is 0 Å². The molecule has 0 aliphatic carbocycles. The van der Waals surface area contributed by atoms with Crippen LogP contribution in [0, 0.1) is 5.92 Å². The van der Waals surface area contributed by atoms with Crippen LogP contribution in [0.2, 0.25) is 0 Å². The molecule has 0 radical (unpaired) electrons. The fraction of sp³-hybridized carbons (Fsp3) is 0.500. The van der Waals surface area contributed by atoms with Crippen LogP contribution < -0.4 is 10.6 Å². The van der Waals surface area contributed by atoms with Gasteiger partial charge in [-0.05, 0) is 31.5 Å². The van der Waals surface area contributed by atoms with Crippen molar-refractivity contribution in [1.82, 2.24) is 25.6 Å². The van der Waals surface area contributed by atoms with Gasteiger partial charge in [-0.25, -0.2) is 0 Å². The molecule has 2 rings (SSSR count). The quantitative estimate of drug-likeness (QED) is 0.779. The Morgan fingerprint density at radius 3 is 2.57 bits per heavy atom. The van der Waals surface area contributed by atoms with Crippen LogP contribution in [0.1, 0.15) is 26.5 Å². The van der Waals surface area contributed by atoms with Gasteiger partial charge in [0.2, 0.25) is 0 Å². The molecule has 1 heterocycles. The van der Waals surface area contributed by atoms with E-state index in [1.165, 1.54) is 0 Å². The Kier molecular flexibility index (Phi) is 5.90. The van der Waals surface area contributed by atoms with Crippen molar-refractivity contribution in [3.05, 3.63) is 42.2 Å². The summed E-state index contributed by atoms with van der Waals surface area (Å²) in [6.45, 7) is 9.35. The zero-order valence-electron chi connectivity index (χ0n) is 13.1. The molecule has 0 spiro atoms. The van der Waals surface area contributed by atoms with Gasteiger partial charge in [0, 0.05) is 19.1 Å². The van der Waals surface area contributed by atoms with E-state index in [9.17, 15) is 0 Å². The first kappa shape index (κ1) is 15.7. The summed E-state index contributed by atoms with van der Waals surface area (Å²) >= 11 is 0. The Balaban J connectivity index is 1.78. The lowest BCUT2D eigenvalue weighted by Crippen LogP contribution is -2.37. The molecular formula is C16H25N5. The number of para-hydroxylation sites is 1. The summed E-state index contributed by atoms with van der Waals surface area (Å²) in [6.07, 6.45) is 1.81. The van der Waals surface area contributed by atoms with E-state index < -0.39 is 0 Å². The minimum Gasteiger partial charge on any atom is -0.315 e. The van der Waals surface area contributed by atoms with Crippen molar-refractivity contribution in [3.8, 4) is 5.69 Å². The van der Waals surface area contributed by atoms with Gasteiger partial charge in [-0.1, -0.05) is 32.0 Å². The molecular weight excluding hydrogens is 262 g/mol. The summed E-state index contributed by atoms with van der Waals surface area (Å²) in [5.74, 6) is 0.683. The van der Waals surface area contributed by atoms with Crippen molar-refractivity contribution in [2.24, 2.45) is 5.92 Å². The topological polar surface area (TPSA) is 54.8 Å². The maximum atomic E-state index is 4.48. The van der Waals surface area contributed by atoms with Gasteiger partial charge in [-0.2, -0.15) is 15.0 Å². The molecule has 0 bridgehead atoms. The van der Waals surface area contributed by atoms with Gasteiger partial charge in [-0.15, -0.1) is 0 Å². The number of nitrogens with zero attached hydrogens (tertiary/aromatic N) is 3. The van der Waals surface area contributed by atoms with Crippen LogP contribution in [0.3, 0.4) is 0 Å². The van der Waals surface area contributed by atoms with Crippen molar-refractivity contribution in [3.63, 3.8) is 0 Å². The molecule has 114 valence electrons.